The number of rotatable bonds is 4. The summed E-state index contributed by atoms with van der Waals surface area (Å²) in [5.74, 6) is 0.825. The van der Waals surface area contributed by atoms with Crippen LogP contribution in [0.2, 0.25) is 0 Å². The number of anilines is 1. The van der Waals surface area contributed by atoms with Crippen molar-refractivity contribution in [3.63, 3.8) is 0 Å². The van der Waals surface area contributed by atoms with E-state index in [0.29, 0.717) is 18.8 Å². The fraction of sp³-hybridized carbons (Fsp3) is 0.500. The van der Waals surface area contributed by atoms with Gasteiger partial charge in [0.15, 0.2) is 5.69 Å². The van der Waals surface area contributed by atoms with Crippen molar-refractivity contribution in [3.8, 4) is 0 Å². The zero-order valence-electron chi connectivity index (χ0n) is 15.5. The van der Waals surface area contributed by atoms with E-state index in [9.17, 15) is 4.79 Å². The number of nitrogens with one attached hydrogen (secondary N) is 3. The van der Waals surface area contributed by atoms with Crippen LogP contribution in [0.3, 0.4) is 0 Å². The third kappa shape index (κ3) is 4.23. The number of hydrogen-bond acceptors (Lipinski definition) is 6. The van der Waals surface area contributed by atoms with E-state index < -0.39 is 0 Å². The van der Waals surface area contributed by atoms with Crippen LogP contribution in [0.4, 0.5) is 5.82 Å². The van der Waals surface area contributed by atoms with Gasteiger partial charge in [0.1, 0.15) is 5.82 Å². The molecule has 2 aliphatic rings. The van der Waals surface area contributed by atoms with Crippen LogP contribution in [-0.2, 0) is 19.5 Å². The number of halogens is 1. The summed E-state index contributed by atoms with van der Waals surface area (Å²) in [6.45, 7) is 6.00. The van der Waals surface area contributed by atoms with E-state index >= 15 is 0 Å². The molecule has 0 saturated carbocycles. The number of nitrogens with zero attached hydrogens (tertiary/aromatic N) is 4. The monoisotopic (exact) mass is 391 g/mol. The molecule has 146 valence electrons. The molecule has 8 nitrogen and oxygen atoms in total. The highest BCUT2D eigenvalue weighted by molar-refractivity contribution is 5.94. The minimum absolute atomic E-state index is 0. The molecule has 3 N–H and O–H groups in total. The highest BCUT2D eigenvalue weighted by Crippen LogP contribution is 2.19. The van der Waals surface area contributed by atoms with Crippen molar-refractivity contribution in [2.75, 3.05) is 44.7 Å². The molecule has 2 aromatic rings. The lowest BCUT2D eigenvalue weighted by Gasteiger charge is -2.34. The molecule has 0 aliphatic carbocycles. The van der Waals surface area contributed by atoms with Gasteiger partial charge in [0.2, 0.25) is 0 Å². The van der Waals surface area contributed by atoms with Gasteiger partial charge in [0.25, 0.3) is 5.91 Å². The third-order valence-electron chi connectivity index (χ3n) is 5.13. The number of hydrogen-bond donors (Lipinski definition) is 3. The second-order valence-electron chi connectivity index (χ2n) is 6.92. The molecule has 2 aromatic heterocycles. The lowest BCUT2D eigenvalue weighted by Crippen LogP contribution is -2.45. The summed E-state index contributed by atoms with van der Waals surface area (Å²) in [5.41, 5.74) is 3.58. The fourth-order valence-electron chi connectivity index (χ4n) is 3.54. The number of likely N-dealkylation sites (N-methyl/N-ethyl adjacent to an activating group) is 1. The largest absolute Gasteiger partial charge is 0.354 e. The lowest BCUT2D eigenvalue weighted by atomic mass is 10.1. The van der Waals surface area contributed by atoms with E-state index in [1.165, 1.54) is 0 Å². The molecule has 27 heavy (non-hydrogen) atoms. The molecule has 1 saturated heterocycles. The first-order chi connectivity index (χ1) is 12.7. The number of H-pyrrole nitrogens is 1. The molecule has 4 heterocycles. The van der Waals surface area contributed by atoms with E-state index in [0.717, 1.165) is 61.8 Å². The maximum Gasteiger partial charge on any atom is 0.272 e. The number of piperazine rings is 1. The van der Waals surface area contributed by atoms with Crippen molar-refractivity contribution >= 4 is 24.1 Å². The first-order valence-electron chi connectivity index (χ1n) is 9.15. The Bertz CT molecular complexity index is 786. The van der Waals surface area contributed by atoms with Gasteiger partial charge in [-0.1, -0.05) is 6.07 Å². The molecule has 1 amide bonds. The molecule has 1 fully saturated rings. The Labute approximate surface area is 165 Å². The first-order valence-corrected chi connectivity index (χ1v) is 9.15. The van der Waals surface area contributed by atoms with Gasteiger partial charge in [-0.15, -0.1) is 12.4 Å². The van der Waals surface area contributed by atoms with Gasteiger partial charge >= 0.3 is 0 Å². The quantitative estimate of drug-likeness (QED) is 0.705. The van der Waals surface area contributed by atoms with Crippen LogP contribution in [0.15, 0.2) is 18.3 Å². The Kier molecular flexibility index (Phi) is 6.30. The van der Waals surface area contributed by atoms with Crippen molar-refractivity contribution < 1.29 is 4.79 Å². The summed E-state index contributed by atoms with van der Waals surface area (Å²) >= 11 is 0. The number of carbonyl (C=O) groups excluding carboxylic acids is 1. The van der Waals surface area contributed by atoms with Crippen molar-refractivity contribution in [1.29, 1.82) is 0 Å². The summed E-state index contributed by atoms with van der Waals surface area (Å²) in [6, 6.07) is 3.95. The zero-order chi connectivity index (χ0) is 17.9. The Morgan fingerprint density at radius 2 is 2.11 bits per heavy atom. The van der Waals surface area contributed by atoms with Gasteiger partial charge in [-0.3, -0.25) is 9.89 Å². The number of aromatic nitrogens is 3. The van der Waals surface area contributed by atoms with E-state index in [-0.39, 0.29) is 18.3 Å². The zero-order valence-corrected chi connectivity index (χ0v) is 16.3. The summed E-state index contributed by atoms with van der Waals surface area (Å²) in [5, 5.41) is 13.5. The second-order valence-corrected chi connectivity index (χ2v) is 6.92. The Morgan fingerprint density at radius 3 is 2.93 bits per heavy atom. The van der Waals surface area contributed by atoms with Crippen LogP contribution in [0, 0.1) is 0 Å². The van der Waals surface area contributed by atoms with Gasteiger partial charge in [0.05, 0.1) is 0 Å². The van der Waals surface area contributed by atoms with E-state index in [1.807, 2.05) is 18.3 Å². The fourth-order valence-corrected chi connectivity index (χ4v) is 3.54. The van der Waals surface area contributed by atoms with Gasteiger partial charge in [-0.05, 0) is 13.1 Å². The van der Waals surface area contributed by atoms with Gasteiger partial charge in [0, 0.05) is 75.3 Å². The average molecular weight is 392 g/mol. The molecule has 9 heteroatoms. The summed E-state index contributed by atoms with van der Waals surface area (Å²) < 4.78 is 0. The van der Waals surface area contributed by atoms with Crippen molar-refractivity contribution in [2.24, 2.45) is 0 Å². The Balaban J connectivity index is 0.00000210. The summed E-state index contributed by atoms with van der Waals surface area (Å²) in [6.07, 6.45) is 2.69. The SMILES string of the molecule is CN1CCN(c2ncccc2CNC(=O)c2n[nH]c3c2CNCC3)CC1.Cl. The minimum Gasteiger partial charge on any atom is -0.354 e. The number of pyridine rings is 1. The molecule has 0 spiro atoms. The third-order valence-corrected chi connectivity index (χ3v) is 5.13. The smallest absolute Gasteiger partial charge is 0.272 e. The Morgan fingerprint density at radius 1 is 1.30 bits per heavy atom. The van der Waals surface area contributed by atoms with Crippen LogP contribution in [0.1, 0.15) is 27.3 Å². The van der Waals surface area contributed by atoms with E-state index in [4.69, 9.17) is 0 Å². The van der Waals surface area contributed by atoms with Crippen molar-refractivity contribution in [2.45, 2.75) is 19.5 Å². The highest BCUT2D eigenvalue weighted by Gasteiger charge is 2.22. The molecule has 2 aliphatic heterocycles. The van der Waals surface area contributed by atoms with Gasteiger partial charge < -0.3 is 20.4 Å². The highest BCUT2D eigenvalue weighted by atomic mass is 35.5. The second kappa shape index (κ2) is 8.69. The number of fused-ring (bicyclic) bond motifs is 1. The minimum atomic E-state index is -0.139. The van der Waals surface area contributed by atoms with Crippen LogP contribution >= 0.6 is 12.4 Å². The van der Waals surface area contributed by atoms with E-state index in [2.05, 4.69) is 42.7 Å². The predicted molar refractivity (Wildman–Crippen MR) is 106 cm³/mol. The van der Waals surface area contributed by atoms with Crippen LogP contribution in [0.5, 0.6) is 0 Å². The molecule has 0 unspecified atom stereocenters. The topological polar surface area (TPSA) is 89.2 Å². The van der Waals surface area contributed by atoms with Crippen LogP contribution < -0.4 is 15.5 Å². The maximum atomic E-state index is 12.6. The molecular weight excluding hydrogens is 366 g/mol. The average Bonchev–Trinajstić information content (AvgIpc) is 3.11. The molecule has 0 aromatic carbocycles. The van der Waals surface area contributed by atoms with Crippen LogP contribution in [-0.4, -0.2) is 65.8 Å². The molecule has 0 atom stereocenters. The Hall–Kier alpha value is -2.16. The lowest BCUT2D eigenvalue weighted by molar-refractivity contribution is 0.0944. The first kappa shape index (κ1) is 19.6. The van der Waals surface area contributed by atoms with Crippen molar-refractivity contribution in [1.82, 2.24) is 30.7 Å². The van der Waals surface area contributed by atoms with Gasteiger partial charge in [-0.25, -0.2) is 4.98 Å². The summed E-state index contributed by atoms with van der Waals surface area (Å²) in [4.78, 5) is 21.8. The number of amides is 1. The maximum absolute atomic E-state index is 12.6. The molecule has 0 bridgehead atoms. The number of aromatic amines is 1. The molecular formula is C18H26ClN7O. The normalized spacial score (nSPS) is 17.1. The summed E-state index contributed by atoms with van der Waals surface area (Å²) in [7, 11) is 2.14. The van der Waals surface area contributed by atoms with Crippen LogP contribution in [0.25, 0.3) is 0 Å². The standard InChI is InChI=1S/C18H25N7O.ClH/c1-24-7-9-25(10-8-24)17-13(3-2-5-20-17)11-21-18(26)16-14-12-19-6-4-15(14)22-23-16;/h2-3,5,19H,4,6-12H2,1H3,(H,21,26)(H,22,23);1H. The number of carbonyl (C=O) groups is 1. The molecule has 4 rings (SSSR count). The molecule has 0 radical (unpaired) electrons. The van der Waals surface area contributed by atoms with Gasteiger partial charge in [-0.2, -0.15) is 5.10 Å². The van der Waals surface area contributed by atoms with E-state index in [1.54, 1.807) is 0 Å². The van der Waals surface area contributed by atoms with Crippen molar-refractivity contribution in [3.05, 3.63) is 40.8 Å². The predicted octanol–water partition coefficient (Wildman–Crippen LogP) is 0.554.